The molecular weight excluding hydrogens is 488 g/mol. The number of rotatable bonds is 6. The van der Waals surface area contributed by atoms with Crippen LogP contribution in [0.25, 0.3) is 0 Å². The van der Waals surface area contributed by atoms with Crippen molar-refractivity contribution in [2.45, 2.75) is 25.2 Å². The predicted octanol–water partition coefficient (Wildman–Crippen LogP) is 4.36. The Morgan fingerprint density at radius 1 is 1.21 bits per heavy atom. The molecule has 1 fully saturated rings. The van der Waals surface area contributed by atoms with E-state index in [2.05, 4.69) is 19.9 Å². The van der Waals surface area contributed by atoms with Crippen molar-refractivity contribution in [2.75, 3.05) is 25.0 Å². The molecule has 1 saturated heterocycles. The maximum absolute atomic E-state index is 12.5. The molecule has 1 aliphatic heterocycles. The first-order valence-electron chi connectivity index (χ1n) is 8.61. The zero-order valence-electron chi connectivity index (χ0n) is 15.0. The van der Waals surface area contributed by atoms with Gasteiger partial charge in [0, 0.05) is 0 Å². The minimum absolute atomic E-state index is 0. The standard InChI is InChI=1S/C18H21F3N4O2.HI/c19-18(20,21)27-15-7-2-1-6-13(15)24-17(22)23-12-14(16-8-5-11-26-16)25-9-3-4-10-25;/h1-2,5-8,11,14H,3-4,9-10,12H2,(H3,22,23,24);1H. The summed E-state index contributed by atoms with van der Waals surface area (Å²) in [6.45, 7) is 2.21. The van der Waals surface area contributed by atoms with Crippen molar-refractivity contribution in [3.63, 3.8) is 0 Å². The summed E-state index contributed by atoms with van der Waals surface area (Å²) in [6, 6.07) is 9.30. The molecule has 1 atom stereocenters. The molecule has 2 aromatic rings. The van der Waals surface area contributed by atoms with Crippen LogP contribution in [0.3, 0.4) is 0 Å². The fraction of sp³-hybridized carbons (Fsp3) is 0.389. The maximum Gasteiger partial charge on any atom is 0.573 e. The number of benzene rings is 1. The van der Waals surface area contributed by atoms with Crippen LogP contribution in [0.4, 0.5) is 18.9 Å². The zero-order valence-corrected chi connectivity index (χ0v) is 17.3. The summed E-state index contributed by atoms with van der Waals surface area (Å²) < 4.78 is 47.1. The van der Waals surface area contributed by atoms with Crippen molar-refractivity contribution in [3.8, 4) is 5.75 Å². The minimum atomic E-state index is -4.79. The molecule has 28 heavy (non-hydrogen) atoms. The van der Waals surface area contributed by atoms with Crippen LogP contribution in [-0.4, -0.2) is 36.9 Å². The van der Waals surface area contributed by atoms with E-state index in [0.29, 0.717) is 6.54 Å². The van der Waals surface area contributed by atoms with Gasteiger partial charge in [-0.15, -0.1) is 37.1 Å². The third-order valence-electron chi connectivity index (χ3n) is 4.26. The van der Waals surface area contributed by atoms with E-state index in [9.17, 15) is 13.2 Å². The highest BCUT2D eigenvalue weighted by atomic mass is 127. The lowest BCUT2D eigenvalue weighted by Crippen LogP contribution is -2.30. The highest BCUT2D eigenvalue weighted by Gasteiger charge is 2.32. The summed E-state index contributed by atoms with van der Waals surface area (Å²) in [5.74, 6) is 0.420. The first-order valence-corrected chi connectivity index (χ1v) is 8.61. The molecule has 0 aliphatic carbocycles. The first kappa shape index (κ1) is 22.3. The third kappa shape index (κ3) is 6.30. The molecule has 1 aromatic carbocycles. The van der Waals surface area contributed by atoms with E-state index >= 15 is 0 Å². The number of nitrogens with one attached hydrogen (secondary N) is 1. The van der Waals surface area contributed by atoms with E-state index in [-0.39, 0.29) is 47.4 Å². The van der Waals surface area contributed by atoms with Gasteiger partial charge in [-0.05, 0) is 50.2 Å². The van der Waals surface area contributed by atoms with E-state index in [1.807, 2.05) is 12.1 Å². The van der Waals surface area contributed by atoms with Gasteiger partial charge in [-0.25, -0.2) is 0 Å². The van der Waals surface area contributed by atoms with Crippen LogP contribution < -0.4 is 15.8 Å². The minimum Gasteiger partial charge on any atom is -0.468 e. The number of guanidine groups is 1. The summed E-state index contributed by atoms with van der Waals surface area (Å²) in [6.07, 6.45) is -0.966. The molecule has 0 bridgehead atoms. The highest BCUT2D eigenvalue weighted by Crippen LogP contribution is 2.30. The number of hydrogen-bond acceptors (Lipinski definition) is 4. The molecule has 1 aliphatic rings. The maximum atomic E-state index is 12.5. The second-order valence-electron chi connectivity index (χ2n) is 6.17. The Morgan fingerprint density at radius 3 is 2.57 bits per heavy atom. The van der Waals surface area contributed by atoms with E-state index in [1.54, 1.807) is 12.3 Å². The lowest BCUT2D eigenvalue weighted by molar-refractivity contribution is -0.274. The number of alkyl halides is 3. The molecule has 154 valence electrons. The Hall–Kier alpha value is -1.95. The summed E-state index contributed by atoms with van der Waals surface area (Å²) >= 11 is 0. The van der Waals surface area contributed by atoms with Crippen molar-refractivity contribution in [1.82, 2.24) is 4.90 Å². The Labute approximate surface area is 177 Å². The molecule has 6 nitrogen and oxygen atoms in total. The van der Waals surface area contributed by atoms with Gasteiger partial charge in [0.2, 0.25) is 0 Å². The van der Waals surface area contributed by atoms with Crippen molar-refractivity contribution < 1.29 is 22.3 Å². The normalized spacial score (nSPS) is 16.5. The zero-order chi connectivity index (χ0) is 19.3. The van der Waals surface area contributed by atoms with Gasteiger partial charge in [0.05, 0.1) is 24.5 Å². The Bertz CT molecular complexity index is 762. The summed E-state index contributed by atoms with van der Waals surface area (Å²) in [4.78, 5) is 6.56. The van der Waals surface area contributed by atoms with Gasteiger partial charge < -0.3 is 20.2 Å². The molecule has 0 radical (unpaired) electrons. The van der Waals surface area contributed by atoms with E-state index in [0.717, 1.165) is 31.7 Å². The van der Waals surface area contributed by atoms with Crippen LogP contribution in [0.5, 0.6) is 5.75 Å². The fourth-order valence-electron chi connectivity index (χ4n) is 3.07. The Balaban J connectivity index is 0.00000280. The monoisotopic (exact) mass is 510 g/mol. The van der Waals surface area contributed by atoms with Gasteiger partial charge in [0.15, 0.2) is 11.7 Å². The van der Waals surface area contributed by atoms with E-state index in [1.165, 1.54) is 18.2 Å². The number of likely N-dealkylation sites (tertiary alicyclic amines) is 1. The smallest absolute Gasteiger partial charge is 0.468 e. The Morgan fingerprint density at radius 2 is 1.93 bits per heavy atom. The molecule has 0 spiro atoms. The lowest BCUT2D eigenvalue weighted by atomic mass is 10.2. The lowest BCUT2D eigenvalue weighted by Gasteiger charge is -2.24. The number of ether oxygens (including phenoxy) is 1. The molecule has 2 heterocycles. The molecule has 0 saturated carbocycles. The van der Waals surface area contributed by atoms with E-state index in [4.69, 9.17) is 10.2 Å². The second-order valence-corrected chi connectivity index (χ2v) is 6.17. The van der Waals surface area contributed by atoms with Gasteiger partial charge >= 0.3 is 6.36 Å². The number of furan rings is 1. The van der Waals surface area contributed by atoms with Crippen LogP contribution in [0.1, 0.15) is 24.6 Å². The fourth-order valence-corrected chi connectivity index (χ4v) is 3.07. The number of nitrogens with zero attached hydrogens (tertiary/aromatic N) is 2. The predicted molar refractivity (Wildman–Crippen MR) is 111 cm³/mol. The molecule has 3 rings (SSSR count). The number of anilines is 1. The topological polar surface area (TPSA) is 76.0 Å². The molecule has 10 heteroatoms. The second kappa shape index (κ2) is 10.0. The molecule has 3 N–H and O–H groups in total. The van der Waals surface area contributed by atoms with Gasteiger partial charge in [-0.3, -0.25) is 9.89 Å². The van der Waals surface area contributed by atoms with Crippen LogP contribution in [0.15, 0.2) is 52.1 Å². The Kier molecular flexibility index (Phi) is 7.98. The van der Waals surface area contributed by atoms with Crippen LogP contribution >= 0.6 is 24.0 Å². The summed E-state index contributed by atoms with van der Waals surface area (Å²) in [5, 5.41) is 2.68. The quantitative estimate of drug-likeness (QED) is 0.343. The first-order chi connectivity index (χ1) is 12.9. The van der Waals surface area contributed by atoms with Crippen LogP contribution in [-0.2, 0) is 0 Å². The van der Waals surface area contributed by atoms with Gasteiger partial charge in [0.25, 0.3) is 0 Å². The van der Waals surface area contributed by atoms with Crippen molar-refractivity contribution in [1.29, 1.82) is 0 Å². The van der Waals surface area contributed by atoms with Gasteiger partial charge in [-0.1, -0.05) is 12.1 Å². The van der Waals surface area contributed by atoms with Crippen molar-refractivity contribution in [3.05, 3.63) is 48.4 Å². The molecule has 1 unspecified atom stereocenters. The van der Waals surface area contributed by atoms with Gasteiger partial charge in [0.1, 0.15) is 5.76 Å². The number of halogens is 4. The average Bonchev–Trinajstić information content (AvgIpc) is 3.30. The molecular formula is C18H22F3IN4O2. The van der Waals surface area contributed by atoms with Crippen molar-refractivity contribution >= 4 is 35.6 Å². The number of para-hydroxylation sites is 2. The molecule has 1 aromatic heterocycles. The largest absolute Gasteiger partial charge is 0.573 e. The number of nitrogens with two attached hydrogens (primary N) is 1. The van der Waals surface area contributed by atoms with E-state index < -0.39 is 6.36 Å². The molecule has 0 amide bonds. The SMILES string of the molecule is I.NC(=NCC(c1ccco1)N1CCCC1)Nc1ccccc1OC(F)(F)F. The number of aliphatic imine (C=N–C) groups is 1. The third-order valence-corrected chi connectivity index (χ3v) is 4.26. The summed E-state index contributed by atoms with van der Waals surface area (Å²) in [5.41, 5.74) is 5.98. The van der Waals surface area contributed by atoms with Crippen LogP contribution in [0, 0.1) is 0 Å². The van der Waals surface area contributed by atoms with Crippen molar-refractivity contribution in [2.24, 2.45) is 10.7 Å². The average molecular weight is 510 g/mol. The number of hydrogen-bond donors (Lipinski definition) is 2. The van der Waals surface area contributed by atoms with Crippen LogP contribution in [0.2, 0.25) is 0 Å². The van der Waals surface area contributed by atoms with Gasteiger partial charge in [-0.2, -0.15) is 0 Å². The summed E-state index contributed by atoms with van der Waals surface area (Å²) in [7, 11) is 0. The highest BCUT2D eigenvalue weighted by molar-refractivity contribution is 14.0.